The number of halogens is 3. The zero-order chi connectivity index (χ0) is 50.8. The summed E-state index contributed by atoms with van der Waals surface area (Å²) in [6, 6.07) is 36.6. The summed E-state index contributed by atoms with van der Waals surface area (Å²) in [5, 5.41) is 38.0. The molecule has 4 aromatic heterocycles. The van der Waals surface area contributed by atoms with Crippen LogP contribution in [0.5, 0.6) is 5.75 Å². The largest absolute Gasteiger partial charge is 0.569 e. The van der Waals surface area contributed by atoms with Crippen molar-refractivity contribution in [1.29, 1.82) is 0 Å². The first-order chi connectivity index (χ1) is 34.7. The molecule has 0 unspecified atom stereocenters. The maximum Gasteiger partial charge on any atom is 0.569 e. The van der Waals surface area contributed by atoms with Gasteiger partial charge in [-0.25, -0.2) is 25.6 Å². The molecule has 1 radical (unpaired) electrons. The lowest BCUT2D eigenvalue weighted by atomic mass is 9.95. The van der Waals surface area contributed by atoms with E-state index in [1.165, 1.54) is 70.1 Å². The van der Waals surface area contributed by atoms with Gasteiger partial charge in [-0.15, -0.1) is 43.1 Å². The fourth-order valence-corrected chi connectivity index (χ4v) is 12.2. The minimum Gasteiger partial charge on any atom is -0.537 e. The van der Waals surface area contributed by atoms with E-state index in [1.54, 1.807) is 60.9 Å². The number of hydrogen-bond donors (Lipinski definition) is 2. The lowest BCUT2D eigenvalue weighted by Gasteiger charge is -2.13. The van der Waals surface area contributed by atoms with Gasteiger partial charge in [0.1, 0.15) is 49.9 Å². The van der Waals surface area contributed by atoms with E-state index in [1.807, 2.05) is 48.5 Å². The second-order valence-electron chi connectivity index (χ2n) is 15.6. The third kappa shape index (κ3) is 12.4. The predicted molar refractivity (Wildman–Crippen MR) is 277 cm³/mol. The van der Waals surface area contributed by atoms with Crippen LogP contribution in [-0.2, 0) is 44.2 Å². The Morgan fingerprint density at radius 2 is 1.17 bits per heavy atom. The monoisotopic (exact) mass is 1060 g/mol. The Kier molecular flexibility index (Phi) is 16.5. The number of rotatable bonds is 13. The van der Waals surface area contributed by atoms with Crippen LogP contribution in [0.25, 0.3) is 55.2 Å². The van der Waals surface area contributed by atoms with E-state index in [0.29, 0.717) is 44.9 Å². The second-order valence-corrected chi connectivity index (χ2v) is 21.9. The van der Waals surface area contributed by atoms with Crippen molar-refractivity contribution >= 4 is 83.2 Å². The number of nitrogens with zero attached hydrogens (tertiary/aromatic N) is 6. The molecule has 0 spiro atoms. The van der Waals surface area contributed by atoms with E-state index in [9.17, 15) is 30.7 Å². The first-order valence-corrected chi connectivity index (χ1v) is 27.1. The van der Waals surface area contributed by atoms with Crippen LogP contribution in [0, 0.1) is 11.6 Å². The highest BCUT2D eigenvalue weighted by Crippen LogP contribution is 2.35. The van der Waals surface area contributed by atoms with Gasteiger partial charge in [-0.3, -0.25) is 9.97 Å². The Bertz CT molecular complexity index is 3750. The van der Waals surface area contributed by atoms with Crippen LogP contribution in [0.2, 0.25) is 5.02 Å². The van der Waals surface area contributed by atoms with Crippen LogP contribution in [0.4, 0.5) is 8.78 Å². The zero-order valence-corrected chi connectivity index (χ0v) is 41.8. The molecule has 21 heteroatoms. The molecule has 0 saturated carbocycles. The lowest BCUT2D eigenvalue weighted by Crippen LogP contribution is -2.05. The van der Waals surface area contributed by atoms with Crippen LogP contribution in [-0.4, -0.2) is 65.0 Å². The third-order valence-corrected chi connectivity index (χ3v) is 16.3. The first kappa shape index (κ1) is 51.4. The Balaban J connectivity index is 0.000000164. The number of fused-ring (bicyclic) bond motifs is 2. The molecule has 10 rings (SSSR count). The number of benzene rings is 6. The second kappa shape index (κ2) is 23.1. The summed E-state index contributed by atoms with van der Waals surface area (Å²) < 4.78 is 81.7. The van der Waals surface area contributed by atoms with E-state index < -0.39 is 19.7 Å². The molecular weight excluding hydrogens is 1020 g/mol. The Hall–Kier alpha value is -6.91. The number of aryl methyl sites for hydroxylation is 1. The molecule has 6 aromatic carbocycles. The number of pyridine rings is 2. The minimum atomic E-state index is -3.59. The summed E-state index contributed by atoms with van der Waals surface area (Å²) in [6.45, 7) is 1.84. The van der Waals surface area contributed by atoms with Crippen molar-refractivity contribution in [2.45, 2.75) is 41.2 Å². The van der Waals surface area contributed by atoms with Gasteiger partial charge < -0.3 is 14.8 Å². The van der Waals surface area contributed by atoms with Crippen molar-refractivity contribution in [2.75, 3.05) is 0 Å². The molecule has 0 aliphatic rings. The van der Waals surface area contributed by atoms with Gasteiger partial charge >= 0.3 is 7.69 Å². The Morgan fingerprint density at radius 1 is 0.625 bits per heavy atom. The van der Waals surface area contributed by atoms with Crippen molar-refractivity contribution in [1.82, 2.24) is 30.4 Å². The number of aliphatic hydroxyl groups excluding tert-OH is 1. The van der Waals surface area contributed by atoms with E-state index >= 15 is 0 Å². The van der Waals surface area contributed by atoms with Crippen LogP contribution in [0.15, 0.2) is 167 Å². The summed E-state index contributed by atoms with van der Waals surface area (Å²) in [4.78, 5) is 9.53. The van der Waals surface area contributed by atoms with E-state index in [0.717, 1.165) is 50.5 Å². The normalized spacial score (nSPS) is 11.4. The molecule has 0 aliphatic carbocycles. The highest BCUT2D eigenvalue weighted by Gasteiger charge is 2.21. The fraction of sp³-hybridized carbons (Fsp3) is 0.0980. The van der Waals surface area contributed by atoms with E-state index in [4.69, 9.17) is 16.6 Å². The average molecular weight is 1060 g/mol. The topological polar surface area (TPSA) is 195 Å². The van der Waals surface area contributed by atoms with Crippen molar-refractivity contribution in [3.8, 4) is 39.4 Å². The molecular formula is C51H39BClF2N6O7S4. The standard InChI is InChI=1S/C25H18FN3O3S2.C20H16ClN3O2S2.C6H5BFO2/c26-20-3-1-2-16(11-20)17-4-6-23(19(10-17)13-30)25-22-7-5-21(12-18(22)8-9-27-25)34(31,32)14-24-29-28-15-33-24;1-2-13-9-15(21)3-5-17(13)20-18-6-4-16(10-14(18)7-8-22-20)28(25,26)11-19-24-23-12-27-19;8-5-2-1-3-6(4-5)10-7-9/h1-12,15,30H,13-14H2;3-10,12H,2,11H2,1H3;1-4,9H. The molecule has 72 heavy (non-hydrogen) atoms. The third-order valence-electron chi connectivity index (χ3n) is 11.0. The number of hydrogen-bond acceptors (Lipinski definition) is 15. The molecule has 0 saturated heterocycles. The Labute approximate surface area is 426 Å². The van der Waals surface area contributed by atoms with Crippen LogP contribution in [0.3, 0.4) is 0 Å². The number of sulfone groups is 2. The van der Waals surface area contributed by atoms with Gasteiger partial charge in [-0.2, -0.15) is 0 Å². The van der Waals surface area contributed by atoms with Gasteiger partial charge in [0.15, 0.2) is 19.7 Å². The first-order valence-electron chi connectivity index (χ1n) is 21.7. The zero-order valence-electron chi connectivity index (χ0n) is 37.8. The predicted octanol–water partition coefficient (Wildman–Crippen LogP) is 10.7. The molecule has 0 bridgehead atoms. The molecule has 0 aliphatic heterocycles. The van der Waals surface area contributed by atoms with Crippen LogP contribution >= 0.6 is 34.3 Å². The quantitative estimate of drug-likeness (QED) is 0.104. The van der Waals surface area contributed by atoms with Gasteiger partial charge in [0, 0.05) is 45.4 Å². The van der Waals surface area contributed by atoms with Crippen molar-refractivity contribution in [3.05, 3.63) is 195 Å². The Morgan fingerprint density at radius 3 is 1.68 bits per heavy atom. The highest BCUT2D eigenvalue weighted by atomic mass is 35.5. The number of aliphatic hydroxyl groups is 1. The van der Waals surface area contributed by atoms with Gasteiger partial charge in [0.05, 0.1) is 27.8 Å². The lowest BCUT2D eigenvalue weighted by molar-refractivity contribution is 0.282. The molecule has 10 aromatic rings. The van der Waals surface area contributed by atoms with Crippen molar-refractivity contribution in [2.24, 2.45) is 0 Å². The summed E-state index contributed by atoms with van der Waals surface area (Å²) in [6.07, 6.45) is 4.13. The minimum absolute atomic E-state index is 0.154. The molecule has 0 amide bonds. The van der Waals surface area contributed by atoms with Crippen LogP contribution < -0.4 is 4.65 Å². The van der Waals surface area contributed by atoms with Gasteiger partial charge in [0.2, 0.25) is 0 Å². The van der Waals surface area contributed by atoms with Crippen molar-refractivity contribution < 1.29 is 40.4 Å². The van der Waals surface area contributed by atoms with Crippen molar-refractivity contribution in [3.63, 3.8) is 0 Å². The molecule has 0 fully saturated rings. The molecule has 363 valence electrons. The number of aromatic nitrogens is 6. The summed E-state index contributed by atoms with van der Waals surface area (Å²) in [7, 11) is -6.58. The van der Waals surface area contributed by atoms with E-state index in [-0.39, 0.29) is 45.3 Å². The van der Waals surface area contributed by atoms with E-state index in [2.05, 4.69) is 41.9 Å². The molecule has 0 atom stereocenters. The smallest absolute Gasteiger partial charge is 0.537 e. The summed E-state index contributed by atoms with van der Waals surface area (Å²) in [5.41, 5.74) is 9.41. The summed E-state index contributed by atoms with van der Waals surface area (Å²) >= 11 is 8.56. The maximum absolute atomic E-state index is 13.7. The molecule has 4 heterocycles. The van der Waals surface area contributed by atoms with Gasteiger partial charge in [-0.1, -0.05) is 67.1 Å². The highest BCUT2D eigenvalue weighted by molar-refractivity contribution is 7.91. The SMILES string of the molecule is CCc1cc(Cl)ccc1-c1nccc2cc(S(=O)(=O)Cc3nncs3)ccc12.O=S(=O)(Cc1nncs1)c1ccc2c(-c3ccc(-c4cccc(F)c4)cc3CO)nccc2c1.O[B]Oc1cccc(F)c1. The fourth-order valence-electron chi connectivity index (χ4n) is 7.63. The van der Waals surface area contributed by atoms with Gasteiger partial charge in [0.25, 0.3) is 0 Å². The van der Waals surface area contributed by atoms with Crippen LogP contribution in [0.1, 0.15) is 28.1 Å². The molecule has 2 N–H and O–H groups in total. The van der Waals surface area contributed by atoms with Gasteiger partial charge in [-0.05, 0) is 118 Å². The molecule has 13 nitrogen and oxygen atoms in total. The average Bonchev–Trinajstić information content (AvgIpc) is 4.10. The maximum atomic E-state index is 13.7. The summed E-state index contributed by atoms with van der Waals surface area (Å²) in [5.74, 6) is -0.808.